The normalized spacial score (nSPS) is 20.1. The number of halogens is 2. The molecule has 0 aromatic heterocycles. The van der Waals surface area contributed by atoms with Gasteiger partial charge in [-0.1, -0.05) is 12.1 Å². The molecular formula is C14H20ClFN2O3S. The van der Waals surface area contributed by atoms with Crippen molar-refractivity contribution < 1.29 is 17.6 Å². The van der Waals surface area contributed by atoms with Gasteiger partial charge in [0, 0.05) is 25.9 Å². The quantitative estimate of drug-likeness (QED) is 0.888. The Labute approximate surface area is 136 Å². The minimum absolute atomic E-state index is 0. The van der Waals surface area contributed by atoms with Gasteiger partial charge in [-0.25, -0.2) is 12.8 Å². The summed E-state index contributed by atoms with van der Waals surface area (Å²) in [7, 11) is -3.45. The van der Waals surface area contributed by atoms with E-state index >= 15 is 0 Å². The summed E-state index contributed by atoms with van der Waals surface area (Å²) in [6.07, 6.45) is 1.05. The monoisotopic (exact) mass is 350 g/mol. The Morgan fingerprint density at radius 3 is 2.73 bits per heavy atom. The number of carbonyl (C=O) groups is 1. The first-order chi connectivity index (χ1) is 9.80. The lowest BCUT2D eigenvalue weighted by Gasteiger charge is -2.37. The summed E-state index contributed by atoms with van der Waals surface area (Å²) >= 11 is 0. The third kappa shape index (κ3) is 4.18. The molecule has 2 unspecified atom stereocenters. The number of nitrogens with one attached hydrogen (secondary N) is 1. The summed E-state index contributed by atoms with van der Waals surface area (Å²) in [6, 6.07) is 5.69. The van der Waals surface area contributed by atoms with Crippen LogP contribution in [0, 0.1) is 5.82 Å². The molecule has 1 heterocycles. The average Bonchev–Trinajstić information content (AvgIpc) is 2.45. The summed E-state index contributed by atoms with van der Waals surface area (Å²) in [4.78, 5) is 14.0. The lowest BCUT2D eigenvalue weighted by atomic mass is 10.0. The van der Waals surface area contributed by atoms with E-state index in [9.17, 15) is 17.6 Å². The predicted molar refractivity (Wildman–Crippen MR) is 85.3 cm³/mol. The van der Waals surface area contributed by atoms with Gasteiger partial charge in [-0.3, -0.25) is 4.79 Å². The zero-order chi connectivity index (χ0) is 15.6. The first-order valence-corrected chi connectivity index (χ1v) is 8.71. The number of amides is 1. The summed E-state index contributed by atoms with van der Waals surface area (Å²) in [5.74, 6) is -0.810. The van der Waals surface area contributed by atoms with Crippen molar-refractivity contribution in [2.45, 2.75) is 18.2 Å². The average molecular weight is 351 g/mol. The molecule has 1 aromatic rings. The summed E-state index contributed by atoms with van der Waals surface area (Å²) in [5, 5.41) is 2.06. The molecule has 0 spiro atoms. The van der Waals surface area contributed by atoms with Crippen molar-refractivity contribution in [3.8, 4) is 0 Å². The third-order valence-electron chi connectivity index (χ3n) is 3.75. The van der Waals surface area contributed by atoms with E-state index in [2.05, 4.69) is 5.32 Å². The highest BCUT2D eigenvalue weighted by Crippen LogP contribution is 2.24. The van der Waals surface area contributed by atoms with Crippen LogP contribution in [-0.4, -0.2) is 50.4 Å². The second-order valence-corrected chi connectivity index (χ2v) is 7.64. The van der Waals surface area contributed by atoms with Gasteiger partial charge in [0.05, 0.1) is 6.04 Å². The molecule has 0 saturated carbocycles. The number of carbonyl (C=O) groups excluding carboxylic acids is 1. The Kier molecular flexibility index (Phi) is 6.34. The molecule has 1 aromatic carbocycles. The van der Waals surface area contributed by atoms with E-state index in [1.165, 1.54) is 24.0 Å². The first kappa shape index (κ1) is 18.9. The lowest BCUT2D eigenvalue weighted by Crippen LogP contribution is -2.52. The Hall–Kier alpha value is -1.18. The van der Waals surface area contributed by atoms with Crippen molar-refractivity contribution in [3.63, 3.8) is 0 Å². The molecule has 1 fully saturated rings. The highest BCUT2D eigenvalue weighted by molar-refractivity contribution is 7.92. The molecule has 0 aliphatic carbocycles. The minimum Gasteiger partial charge on any atom is -0.332 e. The molecule has 1 N–H and O–H groups in total. The van der Waals surface area contributed by atoms with Crippen LogP contribution in [0.3, 0.4) is 0 Å². The molecule has 2 rings (SSSR count). The Balaban J connectivity index is 0.00000242. The Morgan fingerprint density at radius 1 is 1.45 bits per heavy atom. The summed E-state index contributed by atoms with van der Waals surface area (Å²) in [6.45, 7) is 2.86. The van der Waals surface area contributed by atoms with E-state index in [1.54, 1.807) is 12.1 Å². The lowest BCUT2D eigenvalue weighted by molar-refractivity contribution is -0.133. The van der Waals surface area contributed by atoms with Crippen molar-refractivity contribution in [3.05, 3.63) is 35.6 Å². The number of piperazine rings is 1. The maximum absolute atomic E-state index is 13.4. The van der Waals surface area contributed by atoms with Gasteiger partial charge in [-0.15, -0.1) is 12.4 Å². The molecule has 1 amide bonds. The van der Waals surface area contributed by atoms with Crippen LogP contribution < -0.4 is 5.32 Å². The second-order valence-electron chi connectivity index (χ2n) is 5.28. The van der Waals surface area contributed by atoms with Crippen molar-refractivity contribution in [2.24, 2.45) is 0 Å². The fraction of sp³-hybridized carbons (Fsp3) is 0.500. The van der Waals surface area contributed by atoms with Crippen LogP contribution >= 0.6 is 12.4 Å². The van der Waals surface area contributed by atoms with E-state index < -0.39 is 21.0 Å². The van der Waals surface area contributed by atoms with Gasteiger partial charge in [0.2, 0.25) is 5.91 Å². The number of hydrogen-bond donors (Lipinski definition) is 1. The van der Waals surface area contributed by atoms with E-state index in [0.717, 1.165) is 6.26 Å². The van der Waals surface area contributed by atoms with Gasteiger partial charge < -0.3 is 10.2 Å². The minimum atomic E-state index is -3.45. The Morgan fingerprint density at radius 2 is 2.14 bits per heavy atom. The maximum Gasteiger partial charge on any atom is 0.241 e. The Bertz CT molecular complexity index is 639. The number of sulfone groups is 1. The summed E-state index contributed by atoms with van der Waals surface area (Å²) in [5.41, 5.74) is 0.663. The fourth-order valence-electron chi connectivity index (χ4n) is 2.40. The molecule has 0 bridgehead atoms. The molecule has 1 aliphatic heterocycles. The van der Waals surface area contributed by atoms with Crippen molar-refractivity contribution >= 4 is 28.2 Å². The topological polar surface area (TPSA) is 66.5 Å². The van der Waals surface area contributed by atoms with E-state index in [-0.39, 0.29) is 24.3 Å². The van der Waals surface area contributed by atoms with E-state index in [1.807, 2.05) is 0 Å². The number of hydrogen-bond acceptors (Lipinski definition) is 4. The molecule has 124 valence electrons. The zero-order valence-corrected chi connectivity index (χ0v) is 14.1. The molecule has 22 heavy (non-hydrogen) atoms. The van der Waals surface area contributed by atoms with Gasteiger partial charge in [-0.05, 0) is 24.6 Å². The van der Waals surface area contributed by atoms with Gasteiger partial charge in [-0.2, -0.15) is 0 Å². The van der Waals surface area contributed by atoms with Crippen molar-refractivity contribution in [1.29, 1.82) is 0 Å². The third-order valence-corrected chi connectivity index (χ3v) is 5.24. The number of nitrogens with zero attached hydrogens (tertiary/aromatic N) is 1. The van der Waals surface area contributed by atoms with Gasteiger partial charge in [0.15, 0.2) is 9.84 Å². The van der Waals surface area contributed by atoms with Gasteiger partial charge in [0.25, 0.3) is 0 Å². The van der Waals surface area contributed by atoms with Crippen LogP contribution in [0.2, 0.25) is 0 Å². The van der Waals surface area contributed by atoms with Crippen molar-refractivity contribution in [2.75, 3.05) is 25.9 Å². The molecule has 1 aliphatic rings. The van der Waals surface area contributed by atoms with E-state index in [0.29, 0.717) is 25.2 Å². The smallest absolute Gasteiger partial charge is 0.241 e. The van der Waals surface area contributed by atoms with Crippen LogP contribution in [-0.2, 0) is 14.6 Å². The highest BCUT2D eigenvalue weighted by atomic mass is 35.5. The summed E-state index contributed by atoms with van der Waals surface area (Å²) < 4.78 is 36.6. The molecular weight excluding hydrogens is 331 g/mol. The maximum atomic E-state index is 13.4. The van der Waals surface area contributed by atoms with Crippen LogP contribution in [0.25, 0.3) is 0 Å². The SMILES string of the molecule is CC(C(=O)N1CCNCC1c1cccc(F)c1)S(C)(=O)=O.Cl. The largest absolute Gasteiger partial charge is 0.332 e. The molecule has 8 heteroatoms. The fourth-order valence-corrected chi connectivity index (χ4v) is 2.90. The first-order valence-electron chi connectivity index (χ1n) is 6.76. The molecule has 5 nitrogen and oxygen atoms in total. The van der Waals surface area contributed by atoms with Gasteiger partial charge in [0.1, 0.15) is 11.1 Å². The van der Waals surface area contributed by atoms with Crippen LogP contribution in [0.5, 0.6) is 0 Å². The van der Waals surface area contributed by atoms with Crippen molar-refractivity contribution in [1.82, 2.24) is 10.2 Å². The van der Waals surface area contributed by atoms with E-state index in [4.69, 9.17) is 0 Å². The second kappa shape index (κ2) is 7.39. The van der Waals surface area contributed by atoms with Crippen LogP contribution in [0.15, 0.2) is 24.3 Å². The number of benzene rings is 1. The number of rotatable bonds is 3. The predicted octanol–water partition coefficient (Wildman–Crippen LogP) is 1.15. The molecule has 1 saturated heterocycles. The zero-order valence-electron chi connectivity index (χ0n) is 12.5. The van der Waals surface area contributed by atoms with Gasteiger partial charge >= 0.3 is 0 Å². The van der Waals surface area contributed by atoms with Crippen LogP contribution in [0.1, 0.15) is 18.5 Å². The standard InChI is InChI=1S/C14H19FN2O3S.ClH/c1-10(21(2,19)20)14(18)17-7-6-16-9-13(17)11-4-3-5-12(15)8-11;/h3-5,8,10,13,16H,6-7,9H2,1-2H3;1H. The highest BCUT2D eigenvalue weighted by Gasteiger charge is 2.34. The molecule has 0 radical (unpaired) electrons. The molecule has 2 atom stereocenters. The van der Waals surface area contributed by atoms with Crippen LogP contribution in [0.4, 0.5) is 4.39 Å².